The maximum absolute atomic E-state index is 10.6. The van der Waals surface area contributed by atoms with Crippen LogP contribution in [0.5, 0.6) is 0 Å². The predicted molar refractivity (Wildman–Crippen MR) is 40.9 cm³/mol. The number of carbonyl (C=O) groups is 1. The third-order valence-corrected chi connectivity index (χ3v) is 1.12. The van der Waals surface area contributed by atoms with Crippen molar-refractivity contribution in [3.05, 3.63) is 12.2 Å². The van der Waals surface area contributed by atoms with Crippen LogP contribution >= 0.6 is 0 Å². The van der Waals surface area contributed by atoms with Crippen LogP contribution in [0.1, 0.15) is 20.3 Å². The highest BCUT2D eigenvalue weighted by atomic mass is 16.5. The van der Waals surface area contributed by atoms with Crippen molar-refractivity contribution >= 4 is 5.78 Å². The quantitative estimate of drug-likeness (QED) is 0.430. The van der Waals surface area contributed by atoms with Gasteiger partial charge in [0, 0.05) is 12.2 Å². The lowest BCUT2D eigenvalue weighted by Gasteiger charge is -2.01. The summed E-state index contributed by atoms with van der Waals surface area (Å²) in [6.07, 6.45) is 0.977. The molecule has 10 heavy (non-hydrogen) atoms. The summed E-state index contributed by atoms with van der Waals surface area (Å²) in [5.74, 6) is 0.0103. The van der Waals surface area contributed by atoms with E-state index in [1.165, 1.54) is 6.92 Å². The Balaban J connectivity index is 3.31. The van der Waals surface area contributed by atoms with Crippen molar-refractivity contribution in [1.29, 1.82) is 0 Å². The van der Waals surface area contributed by atoms with Gasteiger partial charge >= 0.3 is 0 Å². The number of ether oxygens (including phenoxy) is 1. The second-order valence-corrected chi connectivity index (χ2v) is 2.21. The van der Waals surface area contributed by atoms with Crippen LogP contribution in [0.15, 0.2) is 12.2 Å². The first kappa shape index (κ1) is 9.37. The summed E-state index contributed by atoms with van der Waals surface area (Å²) in [4.78, 5) is 10.6. The SMILES string of the molecule is C=C(COCCC)C(C)=O. The molecule has 0 aliphatic heterocycles. The molecule has 0 aromatic carbocycles. The van der Waals surface area contributed by atoms with Gasteiger partial charge in [0.15, 0.2) is 5.78 Å². The zero-order valence-corrected chi connectivity index (χ0v) is 6.64. The summed E-state index contributed by atoms with van der Waals surface area (Å²) < 4.78 is 5.09. The molecule has 0 radical (unpaired) electrons. The molecule has 0 aliphatic carbocycles. The summed E-state index contributed by atoms with van der Waals surface area (Å²) in [5.41, 5.74) is 0.549. The standard InChI is InChI=1S/C8H14O2/c1-4-5-10-6-7(2)8(3)9/h2,4-6H2,1,3H3. The highest BCUT2D eigenvalue weighted by molar-refractivity contribution is 5.92. The van der Waals surface area contributed by atoms with E-state index < -0.39 is 0 Å². The number of Topliss-reactive ketones (excluding diaryl/α,β-unsaturated/α-hetero) is 1. The summed E-state index contributed by atoms with van der Waals surface area (Å²) in [5, 5.41) is 0. The van der Waals surface area contributed by atoms with Crippen molar-refractivity contribution in [2.45, 2.75) is 20.3 Å². The van der Waals surface area contributed by atoms with Gasteiger partial charge in [0.2, 0.25) is 0 Å². The largest absolute Gasteiger partial charge is 0.377 e. The fourth-order valence-electron chi connectivity index (χ4n) is 0.441. The average molecular weight is 142 g/mol. The topological polar surface area (TPSA) is 26.3 Å². The van der Waals surface area contributed by atoms with E-state index in [0.717, 1.165) is 6.42 Å². The van der Waals surface area contributed by atoms with Crippen LogP contribution in [0.4, 0.5) is 0 Å². The fraction of sp³-hybridized carbons (Fsp3) is 0.625. The van der Waals surface area contributed by atoms with E-state index in [0.29, 0.717) is 18.8 Å². The van der Waals surface area contributed by atoms with E-state index >= 15 is 0 Å². The van der Waals surface area contributed by atoms with Gasteiger partial charge in [-0.2, -0.15) is 0 Å². The van der Waals surface area contributed by atoms with Gasteiger partial charge < -0.3 is 4.74 Å². The Morgan fingerprint density at radius 1 is 1.60 bits per heavy atom. The van der Waals surface area contributed by atoms with Crippen molar-refractivity contribution in [1.82, 2.24) is 0 Å². The Kier molecular flexibility index (Phi) is 4.85. The molecule has 58 valence electrons. The third-order valence-electron chi connectivity index (χ3n) is 1.12. The Morgan fingerprint density at radius 2 is 2.20 bits per heavy atom. The molecule has 0 rings (SSSR count). The lowest BCUT2D eigenvalue weighted by atomic mass is 10.2. The molecule has 0 N–H and O–H groups in total. The van der Waals surface area contributed by atoms with Crippen LogP contribution in [0.25, 0.3) is 0 Å². The second-order valence-electron chi connectivity index (χ2n) is 2.21. The Bertz CT molecular complexity index is 127. The van der Waals surface area contributed by atoms with E-state index in [2.05, 4.69) is 6.58 Å². The molecule has 0 saturated heterocycles. The summed E-state index contributed by atoms with van der Waals surface area (Å²) in [6, 6.07) is 0. The minimum absolute atomic E-state index is 0.0103. The van der Waals surface area contributed by atoms with Gasteiger partial charge in [0.25, 0.3) is 0 Å². The number of rotatable bonds is 5. The summed E-state index contributed by atoms with van der Waals surface area (Å²) in [6.45, 7) is 8.15. The summed E-state index contributed by atoms with van der Waals surface area (Å²) in [7, 11) is 0. The van der Waals surface area contributed by atoms with Crippen molar-refractivity contribution in [3.8, 4) is 0 Å². The van der Waals surface area contributed by atoms with Crippen molar-refractivity contribution in [2.24, 2.45) is 0 Å². The van der Waals surface area contributed by atoms with E-state index in [1.54, 1.807) is 0 Å². The van der Waals surface area contributed by atoms with E-state index in [-0.39, 0.29) is 5.78 Å². The van der Waals surface area contributed by atoms with Crippen LogP contribution in [-0.4, -0.2) is 19.0 Å². The highest BCUT2D eigenvalue weighted by Crippen LogP contribution is 1.93. The maximum atomic E-state index is 10.6. The average Bonchev–Trinajstić information content (AvgIpc) is 1.88. The van der Waals surface area contributed by atoms with Crippen molar-refractivity contribution in [2.75, 3.05) is 13.2 Å². The van der Waals surface area contributed by atoms with Gasteiger partial charge in [-0.1, -0.05) is 13.5 Å². The van der Waals surface area contributed by atoms with Crippen molar-refractivity contribution in [3.63, 3.8) is 0 Å². The molecule has 2 heteroatoms. The highest BCUT2D eigenvalue weighted by Gasteiger charge is 1.98. The van der Waals surface area contributed by atoms with Gasteiger partial charge in [0.1, 0.15) is 0 Å². The van der Waals surface area contributed by atoms with Crippen LogP contribution < -0.4 is 0 Å². The predicted octanol–water partition coefficient (Wildman–Crippen LogP) is 1.56. The Labute approximate surface area is 61.9 Å². The van der Waals surface area contributed by atoms with E-state index in [4.69, 9.17) is 4.74 Å². The summed E-state index contributed by atoms with van der Waals surface area (Å²) >= 11 is 0. The minimum Gasteiger partial charge on any atom is -0.377 e. The molecule has 0 bridgehead atoms. The normalized spacial score (nSPS) is 9.40. The first-order valence-corrected chi connectivity index (χ1v) is 3.45. The second kappa shape index (κ2) is 5.18. The number of hydrogen-bond donors (Lipinski definition) is 0. The van der Waals surface area contributed by atoms with Gasteiger partial charge in [-0.25, -0.2) is 0 Å². The molecule has 0 aliphatic rings. The van der Waals surface area contributed by atoms with Crippen LogP contribution in [0, 0.1) is 0 Å². The van der Waals surface area contributed by atoms with Crippen LogP contribution in [0.2, 0.25) is 0 Å². The molecular formula is C8H14O2. The minimum atomic E-state index is 0.0103. The molecule has 0 aromatic heterocycles. The van der Waals surface area contributed by atoms with E-state index in [1.807, 2.05) is 6.92 Å². The first-order chi connectivity index (χ1) is 4.68. The van der Waals surface area contributed by atoms with Gasteiger partial charge in [-0.15, -0.1) is 0 Å². The number of ketones is 1. The number of carbonyl (C=O) groups excluding carboxylic acids is 1. The zero-order valence-electron chi connectivity index (χ0n) is 6.64. The monoisotopic (exact) mass is 142 g/mol. The Hall–Kier alpha value is -0.630. The van der Waals surface area contributed by atoms with Gasteiger partial charge in [-0.05, 0) is 13.3 Å². The smallest absolute Gasteiger partial charge is 0.157 e. The van der Waals surface area contributed by atoms with Crippen LogP contribution in [0.3, 0.4) is 0 Å². The molecule has 0 aromatic rings. The van der Waals surface area contributed by atoms with Crippen LogP contribution in [-0.2, 0) is 9.53 Å². The molecule has 0 fully saturated rings. The first-order valence-electron chi connectivity index (χ1n) is 3.45. The lowest BCUT2D eigenvalue weighted by molar-refractivity contribution is -0.114. The fourth-order valence-corrected chi connectivity index (χ4v) is 0.441. The third kappa shape index (κ3) is 4.27. The molecule has 2 nitrogen and oxygen atoms in total. The molecule has 0 spiro atoms. The van der Waals surface area contributed by atoms with Gasteiger partial charge in [0.05, 0.1) is 6.61 Å². The molecule has 0 unspecified atom stereocenters. The van der Waals surface area contributed by atoms with Gasteiger partial charge in [-0.3, -0.25) is 4.79 Å². The lowest BCUT2D eigenvalue weighted by Crippen LogP contribution is -2.04. The van der Waals surface area contributed by atoms with Crippen molar-refractivity contribution < 1.29 is 9.53 Å². The molecule has 0 amide bonds. The number of hydrogen-bond acceptors (Lipinski definition) is 2. The molecule has 0 heterocycles. The van der Waals surface area contributed by atoms with E-state index in [9.17, 15) is 4.79 Å². The molecule has 0 saturated carbocycles. The molecule has 0 atom stereocenters. The maximum Gasteiger partial charge on any atom is 0.157 e. The molecular weight excluding hydrogens is 128 g/mol. The zero-order chi connectivity index (χ0) is 7.98. The Morgan fingerprint density at radius 3 is 2.60 bits per heavy atom.